The summed E-state index contributed by atoms with van der Waals surface area (Å²) in [5.41, 5.74) is 8.87. The van der Waals surface area contributed by atoms with Crippen LogP contribution in [0.2, 0.25) is 0 Å². The van der Waals surface area contributed by atoms with Gasteiger partial charge in [0.1, 0.15) is 0 Å². The second kappa shape index (κ2) is 8.94. The highest BCUT2D eigenvalue weighted by atomic mass is 32.1. The highest BCUT2D eigenvalue weighted by molar-refractivity contribution is 7.80. The zero-order chi connectivity index (χ0) is 23.1. The Balaban J connectivity index is 1.65. The van der Waals surface area contributed by atoms with E-state index in [9.17, 15) is 0 Å². The largest absolute Gasteiger partial charge is 0.352 e. The highest BCUT2D eigenvalue weighted by Gasteiger charge is 2.44. The fourth-order valence-corrected chi connectivity index (χ4v) is 6.28. The number of nitrogens with zero attached hydrogens (tertiary/aromatic N) is 3. The van der Waals surface area contributed by atoms with Crippen LogP contribution in [0, 0.1) is 27.7 Å². The highest BCUT2D eigenvalue weighted by Crippen LogP contribution is 2.44. The Hall–Kier alpha value is -2.66. The first-order chi connectivity index (χ1) is 16.0. The Morgan fingerprint density at radius 3 is 2.48 bits per heavy atom. The van der Waals surface area contributed by atoms with Crippen molar-refractivity contribution in [3.8, 4) is 5.69 Å². The van der Waals surface area contributed by atoms with Crippen molar-refractivity contribution in [1.29, 1.82) is 0 Å². The van der Waals surface area contributed by atoms with Crippen LogP contribution < -0.4 is 5.32 Å². The molecule has 172 valence electrons. The number of benzene rings is 1. The first-order valence-electron chi connectivity index (χ1n) is 12.2. The van der Waals surface area contributed by atoms with Crippen molar-refractivity contribution in [2.24, 2.45) is 0 Å². The van der Waals surface area contributed by atoms with Crippen LogP contribution in [0.5, 0.6) is 0 Å². The number of aryl methyl sites for hydroxylation is 2. The Morgan fingerprint density at radius 2 is 1.76 bits per heavy atom. The van der Waals surface area contributed by atoms with Crippen LogP contribution in [0.15, 0.2) is 48.7 Å². The van der Waals surface area contributed by atoms with Gasteiger partial charge in [-0.2, -0.15) is 0 Å². The summed E-state index contributed by atoms with van der Waals surface area (Å²) in [6.45, 7) is 8.90. The Kier molecular flexibility index (Phi) is 6.00. The zero-order valence-corrected chi connectivity index (χ0v) is 21.0. The van der Waals surface area contributed by atoms with Gasteiger partial charge in [0.15, 0.2) is 5.11 Å². The van der Waals surface area contributed by atoms with Gasteiger partial charge in [0, 0.05) is 29.3 Å². The molecule has 2 aliphatic rings. The van der Waals surface area contributed by atoms with Crippen molar-refractivity contribution in [3.63, 3.8) is 0 Å². The number of aromatic nitrogens is 2. The molecule has 0 bridgehead atoms. The van der Waals surface area contributed by atoms with E-state index in [2.05, 4.69) is 78.9 Å². The lowest BCUT2D eigenvalue weighted by molar-refractivity contribution is 0.197. The van der Waals surface area contributed by atoms with Gasteiger partial charge < -0.3 is 14.8 Å². The predicted octanol–water partition coefficient (Wildman–Crippen LogP) is 6.41. The molecule has 4 nitrogen and oxygen atoms in total. The molecule has 5 heteroatoms. The van der Waals surface area contributed by atoms with Gasteiger partial charge in [-0.3, -0.25) is 4.98 Å². The summed E-state index contributed by atoms with van der Waals surface area (Å²) < 4.78 is 2.42. The van der Waals surface area contributed by atoms with E-state index < -0.39 is 0 Å². The average molecular weight is 459 g/mol. The number of pyridine rings is 1. The summed E-state index contributed by atoms with van der Waals surface area (Å²) in [7, 11) is 0. The van der Waals surface area contributed by atoms with E-state index in [0.717, 1.165) is 10.8 Å². The van der Waals surface area contributed by atoms with Crippen molar-refractivity contribution in [1.82, 2.24) is 19.8 Å². The van der Waals surface area contributed by atoms with Crippen molar-refractivity contribution >= 4 is 17.3 Å². The van der Waals surface area contributed by atoms with Crippen LogP contribution >= 0.6 is 12.2 Å². The van der Waals surface area contributed by atoms with Gasteiger partial charge >= 0.3 is 0 Å². The van der Waals surface area contributed by atoms with Crippen molar-refractivity contribution in [2.75, 3.05) is 0 Å². The normalized spacial score (nSPS) is 21.5. The molecule has 2 aromatic heterocycles. The average Bonchev–Trinajstić information content (AvgIpc) is 3.32. The molecular formula is C28H34N4S. The SMILES string of the molecule is Cc1cccc(-n2c(C)cc([C@@H]3[C@H](c4ccccn4)NC(=S)N3C3CCCCC3)c2C)c1C. The predicted molar refractivity (Wildman–Crippen MR) is 139 cm³/mol. The molecule has 0 radical (unpaired) electrons. The second-order valence-electron chi connectivity index (χ2n) is 9.71. The molecule has 1 saturated heterocycles. The fraction of sp³-hybridized carbons (Fsp3) is 0.429. The summed E-state index contributed by atoms with van der Waals surface area (Å²) >= 11 is 5.97. The molecule has 2 fully saturated rings. The van der Waals surface area contributed by atoms with E-state index in [-0.39, 0.29) is 12.1 Å². The molecule has 1 saturated carbocycles. The lowest BCUT2D eigenvalue weighted by atomic mass is 9.90. The third-order valence-electron chi connectivity index (χ3n) is 7.71. The third-order valence-corrected chi connectivity index (χ3v) is 8.04. The molecule has 1 aliphatic heterocycles. The first-order valence-corrected chi connectivity index (χ1v) is 12.6. The number of thiocarbonyl (C=S) groups is 1. The van der Waals surface area contributed by atoms with Crippen molar-refractivity contribution < 1.29 is 0 Å². The molecule has 0 amide bonds. The lowest BCUT2D eigenvalue weighted by Crippen LogP contribution is -2.40. The molecule has 1 aliphatic carbocycles. The minimum absolute atomic E-state index is 0.0492. The quantitative estimate of drug-likeness (QED) is 0.458. The number of hydrogen-bond donors (Lipinski definition) is 1. The first kappa shape index (κ1) is 22.1. The van der Waals surface area contributed by atoms with Crippen LogP contribution in [0.3, 0.4) is 0 Å². The molecule has 33 heavy (non-hydrogen) atoms. The minimum atomic E-state index is 0.0492. The smallest absolute Gasteiger partial charge is 0.170 e. The standard InChI is InChI=1S/C28H34N4S/c1-18-11-10-15-25(20(18)3)31-19(2)17-23(21(31)4)27-26(24-14-8-9-16-29-24)30-28(33)32(27)22-12-6-5-7-13-22/h8-11,14-17,22,26-27H,5-7,12-13H2,1-4H3,(H,30,33)/t26-,27+/m0/s1. The van der Waals surface area contributed by atoms with Gasteiger partial charge in [-0.1, -0.05) is 37.5 Å². The van der Waals surface area contributed by atoms with Crippen LogP contribution in [0.1, 0.15) is 78.0 Å². The zero-order valence-electron chi connectivity index (χ0n) is 20.1. The second-order valence-corrected chi connectivity index (χ2v) is 10.1. The Bertz CT molecular complexity index is 1160. The summed E-state index contributed by atoms with van der Waals surface area (Å²) in [6, 6.07) is 15.8. The van der Waals surface area contributed by atoms with E-state index in [4.69, 9.17) is 17.2 Å². The number of hydrogen-bond acceptors (Lipinski definition) is 2. The van der Waals surface area contributed by atoms with Gasteiger partial charge in [-0.25, -0.2) is 0 Å². The van der Waals surface area contributed by atoms with Crippen LogP contribution in [-0.2, 0) is 0 Å². The summed E-state index contributed by atoms with van der Waals surface area (Å²) in [4.78, 5) is 7.25. The van der Waals surface area contributed by atoms with Crippen molar-refractivity contribution in [3.05, 3.63) is 82.4 Å². The Labute approximate surface area is 203 Å². The molecule has 0 unspecified atom stereocenters. The van der Waals surface area contributed by atoms with Crippen molar-refractivity contribution in [2.45, 2.75) is 77.9 Å². The maximum absolute atomic E-state index is 5.97. The van der Waals surface area contributed by atoms with Crippen LogP contribution in [-0.4, -0.2) is 25.6 Å². The molecule has 3 aromatic rings. The van der Waals surface area contributed by atoms with E-state index in [1.54, 1.807) is 0 Å². The van der Waals surface area contributed by atoms with E-state index in [1.165, 1.54) is 65.9 Å². The molecule has 3 heterocycles. The minimum Gasteiger partial charge on any atom is -0.352 e. The van der Waals surface area contributed by atoms with Gasteiger partial charge in [0.25, 0.3) is 0 Å². The molecule has 1 N–H and O–H groups in total. The van der Waals surface area contributed by atoms with Gasteiger partial charge in [0.2, 0.25) is 0 Å². The number of nitrogens with one attached hydrogen (secondary N) is 1. The van der Waals surface area contributed by atoms with E-state index >= 15 is 0 Å². The van der Waals surface area contributed by atoms with Gasteiger partial charge in [0.05, 0.1) is 17.8 Å². The topological polar surface area (TPSA) is 33.1 Å². The number of rotatable bonds is 4. The van der Waals surface area contributed by atoms with Gasteiger partial charge in [-0.05, 0) is 93.7 Å². The summed E-state index contributed by atoms with van der Waals surface area (Å²) in [5, 5.41) is 4.54. The Morgan fingerprint density at radius 1 is 0.970 bits per heavy atom. The molecule has 1 aromatic carbocycles. The maximum atomic E-state index is 5.97. The van der Waals surface area contributed by atoms with E-state index in [1.807, 2.05) is 12.3 Å². The molecule has 0 spiro atoms. The lowest BCUT2D eigenvalue weighted by Gasteiger charge is -2.37. The van der Waals surface area contributed by atoms with Crippen LogP contribution in [0.25, 0.3) is 5.69 Å². The molecule has 2 atom stereocenters. The maximum Gasteiger partial charge on any atom is 0.170 e. The van der Waals surface area contributed by atoms with Gasteiger partial charge in [-0.15, -0.1) is 0 Å². The fourth-order valence-electron chi connectivity index (χ4n) is 5.89. The molecule has 5 rings (SSSR count). The van der Waals surface area contributed by atoms with Crippen LogP contribution in [0.4, 0.5) is 0 Å². The van der Waals surface area contributed by atoms with E-state index in [0.29, 0.717) is 6.04 Å². The summed E-state index contributed by atoms with van der Waals surface area (Å²) in [6.07, 6.45) is 8.21. The summed E-state index contributed by atoms with van der Waals surface area (Å²) in [5.74, 6) is 0. The molecular weight excluding hydrogens is 424 g/mol. The third kappa shape index (κ3) is 3.86. The monoisotopic (exact) mass is 458 g/mol.